The van der Waals surface area contributed by atoms with Gasteiger partial charge in [-0.15, -0.1) is 0 Å². The first kappa shape index (κ1) is 23.2. The van der Waals surface area contributed by atoms with Gasteiger partial charge in [-0.1, -0.05) is 24.3 Å². The highest BCUT2D eigenvalue weighted by molar-refractivity contribution is 7.95. The van der Waals surface area contributed by atoms with Gasteiger partial charge in [-0.25, -0.2) is 13.7 Å². The minimum Gasteiger partial charge on any atom is -0.467 e. The van der Waals surface area contributed by atoms with E-state index in [4.69, 9.17) is 16.3 Å². The van der Waals surface area contributed by atoms with Gasteiger partial charge in [-0.05, 0) is 12.5 Å². The topological polar surface area (TPSA) is 63.7 Å². The lowest BCUT2D eigenvalue weighted by Gasteiger charge is -2.28. The molecule has 1 N–H and O–H groups in total. The van der Waals surface area contributed by atoms with E-state index in [1.165, 1.54) is 18.2 Å². The lowest BCUT2D eigenvalue weighted by Crippen LogP contribution is -2.35. The highest BCUT2D eigenvalue weighted by atomic mass is 35.5. The zero-order chi connectivity index (χ0) is 22.6. The second-order valence-electron chi connectivity index (χ2n) is 6.34. The summed E-state index contributed by atoms with van der Waals surface area (Å²) < 4.78 is 65.9. The molecule has 2 heterocycles. The Morgan fingerprint density at radius 1 is 1.35 bits per heavy atom. The van der Waals surface area contributed by atoms with Crippen molar-refractivity contribution in [1.29, 1.82) is 0 Å². The number of amides is 1. The van der Waals surface area contributed by atoms with Gasteiger partial charge in [-0.3, -0.25) is 9.52 Å². The molecule has 1 aliphatic rings. The van der Waals surface area contributed by atoms with Crippen molar-refractivity contribution in [2.75, 3.05) is 19.7 Å². The summed E-state index contributed by atoms with van der Waals surface area (Å²) in [7, 11) is 0. The van der Waals surface area contributed by atoms with E-state index in [1.54, 1.807) is 0 Å². The minimum absolute atomic E-state index is 0.0151. The van der Waals surface area contributed by atoms with Gasteiger partial charge in [0.25, 0.3) is 5.91 Å². The summed E-state index contributed by atoms with van der Waals surface area (Å²) in [5, 5.41) is -0.221. The Bertz CT molecular complexity index is 987. The molecule has 2 aromatic rings. The summed E-state index contributed by atoms with van der Waals surface area (Å²) in [5.41, 5.74) is 0.122. The summed E-state index contributed by atoms with van der Waals surface area (Å²) in [6.45, 7) is 3.76. The maximum absolute atomic E-state index is 14.5. The van der Waals surface area contributed by atoms with Gasteiger partial charge < -0.3 is 9.47 Å². The first-order valence-corrected chi connectivity index (χ1v) is 10.0. The maximum atomic E-state index is 14.5. The molecule has 0 bridgehead atoms. The second kappa shape index (κ2) is 9.75. The van der Waals surface area contributed by atoms with Crippen LogP contribution in [0.15, 0.2) is 31.0 Å². The van der Waals surface area contributed by atoms with Crippen LogP contribution in [0.4, 0.5) is 17.6 Å². The van der Waals surface area contributed by atoms with E-state index >= 15 is 0 Å². The Hall–Kier alpha value is -2.50. The molecule has 1 saturated heterocycles. The molecule has 0 aliphatic carbocycles. The quantitative estimate of drug-likeness (QED) is 0.414. The number of benzene rings is 1. The number of hydrogen-bond donors (Lipinski definition) is 1. The molecule has 0 unspecified atom stereocenters. The first-order chi connectivity index (χ1) is 14.7. The standard InChI is InChI=1S/C19H16ClF4N3O3S/c1-2-11-6-13(17(28)26-31-27-4-3-5-27)15(21)8-16(11)30-12-7-14(20)18(25-9-12)29-10-19(22,23)24/h2,6-9H,1,3-5,10H2,(H,26,28). The molecule has 166 valence electrons. The Kier molecular flexibility index (Phi) is 7.29. The van der Waals surface area contributed by atoms with Crippen LogP contribution >= 0.6 is 23.7 Å². The zero-order valence-electron chi connectivity index (χ0n) is 15.8. The number of nitrogens with zero attached hydrogens (tertiary/aromatic N) is 2. The molecule has 31 heavy (non-hydrogen) atoms. The number of nitrogens with one attached hydrogen (secondary N) is 1. The van der Waals surface area contributed by atoms with E-state index in [0.29, 0.717) is 5.56 Å². The number of ether oxygens (including phenoxy) is 2. The SMILES string of the molecule is C=Cc1cc(C(=O)NSN2CCC2)c(F)cc1Oc1cnc(OCC(F)(F)F)c(Cl)c1. The van der Waals surface area contributed by atoms with Crippen LogP contribution in [-0.2, 0) is 0 Å². The molecule has 0 atom stereocenters. The fraction of sp³-hybridized carbons (Fsp3) is 0.263. The first-order valence-electron chi connectivity index (χ1n) is 8.87. The van der Waals surface area contributed by atoms with Gasteiger partial charge in [0.05, 0.1) is 11.8 Å². The molecule has 6 nitrogen and oxygen atoms in total. The maximum Gasteiger partial charge on any atom is 0.422 e. The predicted molar refractivity (Wildman–Crippen MR) is 109 cm³/mol. The number of rotatable bonds is 8. The van der Waals surface area contributed by atoms with Crippen molar-refractivity contribution < 1.29 is 31.8 Å². The molecular weight excluding hydrogens is 462 g/mol. The average Bonchev–Trinajstić information content (AvgIpc) is 2.65. The molecule has 1 fully saturated rings. The molecular formula is C19H16ClF4N3O3S. The third-order valence-electron chi connectivity index (χ3n) is 4.03. The van der Waals surface area contributed by atoms with E-state index in [9.17, 15) is 22.4 Å². The lowest BCUT2D eigenvalue weighted by molar-refractivity contribution is -0.154. The Morgan fingerprint density at radius 3 is 2.68 bits per heavy atom. The number of hydrogen-bond acceptors (Lipinski definition) is 6. The largest absolute Gasteiger partial charge is 0.467 e. The fourth-order valence-corrected chi connectivity index (χ4v) is 3.35. The molecule has 0 radical (unpaired) electrons. The smallest absolute Gasteiger partial charge is 0.422 e. The average molecular weight is 478 g/mol. The number of carbonyl (C=O) groups is 1. The Morgan fingerprint density at radius 2 is 2.10 bits per heavy atom. The van der Waals surface area contributed by atoms with Crippen molar-refractivity contribution in [3.8, 4) is 17.4 Å². The number of pyridine rings is 1. The number of aromatic nitrogens is 1. The van der Waals surface area contributed by atoms with Crippen LogP contribution in [0.1, 0.15) is 22.3 Å². The zero-order valence-corrected chi connectivity index (χ0v) is 17.4. The van der Waals surface area contributed by atoms with Gasteiger partial charge in [0, 0.05) is 42.9 Å². The second-order valence-corrected chi connectivity index (χ2v) is 7.65. The third-order valence-corrected chi connectivity index (χ3v) is 5.20. The summed E-state index contributed by atoms with van der Waals surface area (Å²) in [6, 6.07) is 3.46. The van der Waals surface area contributed by atoms with Gasteiger partial charge in [0.1, 0.15) is 22.3 Å². The normalized spacial score (nSPS) is 14.0. The number of halogens is 5. The van der Waals surface area contributed by atoms with Crippen LogP contribution in [0.2, 0.25) is 5.02 Å². The van der Waals surface area contributed by atoms with Gasteiger partial charge in [-0.2, -0.15) is 13.2 Å². The van der Waals surface area contributed by atoms with E-state index < -0.39 is 30.4 Å². The van der Waals surface area contributed by atoms with E-state index in [-0.39, 0.29) is 22.1 Å². The van der Waals surface area contributed by atoms with Crippen molar-refractivity contribution in [2.24, 2.45) is 0 Å². The predicted octanol–water partition coefficient (Wildman–Crippen LogP) is 5.25. The number of alkyl halides is 3. The molecule has 0 saturated carbocycles. The summed E-state index contributed by atoms with van der Waals surface area (Å²) in [5.74, 6) is -1.82. The monoisotopic (exact) mass is 477 g/mol. The van der Waals surface area contributed by atoms with E-state index in [1.807, 2.05) is 4.31 Å². The molecule has 0 spiro atoms. The van der Waals surface area contributed by atoms with Crippen LogP contribution < -0.4 is 14.2 Å². The fourth-order valence-electron chi connectivity index (χ4n) is 2.38. The van der Waals surface area contributed by atoms with Crippen LogP contribution in [0, 0.1) is 5.82 Å². The Balaban J connectivity index is 1.73. The molecule has 1 aromatic heterocycles. The summed E-state index contributed by atoms with van der Waals surface area (Å²) in [6.07, 6.45) is -1.06. The van der Waals surface area contributed by atoms with Gasteiger partial charge in [0.2, 0.25) is 5.88 Å². The molecule has 1 aliphatic heterocycles. The van der Waals surface area contributed by atoms with Crippen LogP contribution in [0.25, 0.3) is 6.08 Å². The van der Waals surface area contributed by atoms with E-state index in [0.717, 1.165) is 43.9 Å². The van der Waals surface area contributed by atoms with Crippen LogP contribution in [-0.4, -0.2) is 41.1 Å². The Labute approximate surface area is 184 Å². The molecule has 1 aromatic carbocycles. The van der Waals surface area contributed by atoms with E-state index in [2.05, 4.69) is 21.0 Å². The van der Waals surface area contributed by atoms with Crippen molar-refractivity contribution in [2.45, 2.75) is 12.6 Å². The van der Waals surface area contributed by atoms with Crippen molar-refractivity contribution in [3.05, 3.63) is 52.9 Å². The molecule has 1 amide bonds. The van der Waals surface area contributed by atoms with Crippen LogP contribution in [0.3, 0.4) is 0 Å². The van der Waals surface area contributed by atoms with Crippen molar-refractivity contribution in [1.82, 2.24) is 14.0 Å². The minimum atomic E-state index is -4.54. The van der Waals surface area contributed by atoms with Crippen LogP contribution in [0.5, 0.6) is 17.4 Å². The third kappa shape index (κ3) is 6.25. The highest BCUT2D eigenvalue weighted by Crippen LogP contribution is 2.33. The molecule has 12 heteroatoms. The molecule has 3 rings (SSSR count). The summed E-state index contributed by atoms with van der Waals surface area (Å²) in [4.78, 5) is 16.0. The van der Waals surface area contributed by atoms with Crippen molar-refractivity contribution >= 4 is 35.7 Å². The lowest BCUT2D eigenvalue weighted by atomic mass is 10.1. The van der Waals surface area contributed by atoms with Gasteiger partial charge >= 0.3 is 6.18 Å². The van der Waals surface area contributed by atoms with Gasteiger partial charge in [0.15, 0.2) is 6.61 Å². The number of carbonyl (C=O) groups excluding carboxylic acids is 1. The van der Waals surface area contributed by atoms with Crippen molar-refractivity contribution in [3.63, 3.8) is 0 Å². The highest BCUT2D eigenvalue weighted by Gasteiger charge is 2.29. The summed E-state index contributed by atoms with van der Waals surface area (Å²) >= 11 is 6.99.